The number of halogens is 3. The maximum atomic E-state index is 13.6. The van der Waals surface area contributed by atoms with Gasteiger partial charge in [0.15, 0.2) is 5.82 Å². The Hall–Kier alpha value is -3.42. The summed E-state index contributed by atoms with van der Waals surface area (Å²) in [4.78, 5) is 29.9. The molecule has 32 heavy (non-hydrogen) atoms. The minimum Gasteiger partial charge on any atom is -0.344 e. The van der Waals surface area contributed by atoms with Crippen LogP contribution in [0.2, 0.25) is 10.3 Å². The third-order valence-corrected chi connectivity index (χ3v) is 5.12. The molecule has 9 heteroatoms. The molecular weight excluding hydrogens is 452 g/mol. The average Bonchev–Trinajstić information content (AvgIpc) is 2.79. The summed E-state index contributed by atoms with van der Waals surface area (Å²) >= 11 is 11.8. The van der Waals surface area contributed by atoms with Crippen molar-refractivity contribution in [2.45, 2.75) is 13.0 Å². The second kappa shape index (κ2) is 9.38. The van der Waals surface area contributed by atoms with Gasteiger partial charge in [-0.3, -0.25) is 4.79 Å². The molecule has 4 aromatic rings. The van der Waals surface area contributed by atoms with E-state index < -0.39 is 11.9 Å². The van der Waals surface area contributed by atoms with Gasteiger partial charge in [-0.25, -0.2) is 24.3 Å². The first-order valence-electron chi connectivity index (χ1n) is 9.58. The number of nitrogens with zero attached hydrogens (tertiary/aromatic N) is 4. The van der Waals surface area contributed by atoms with E-state index >= 15 is 0 Å². The van der Waals surface area contributed by atoms with Crippen molar-refractivity contribution in [3.05, 3.63) is 94.4 Å². The van der Waals surface area contributed by atoms with Crippen LogP contribution in [-0.4, -0.2) is 25.8 Å². The van der Waals surface area contributed by atoms with Gasteiger partial charge in [0.2, 0.25) is 5.28 Å². The number of amides is 1. The molecule has 0 bridgehead atoms. The summed E-state index contributed by atoms with van der Waals surface area (Å²) in [6, 6.07) is 14.3. The van der Waals surface area contributed by atoms with Crippen LogP contribution in [0.5, 0.6) is 0 Å². The van der Waals surface area contributed by atoms with Crippen molar-refractivity contribution in [3.63, 3.8) is 0 Å². The molecule has 6 nitrogen and oxygen atoms in total. The molecule has 0 aliphatic rings. The molecule has 4 rings (SSSR count). The summed E-state index contributed by atoms with van der Waals surface area (Å²) in [6.45, 7) is 1.77. The monoisotopic (exact) mass is 467 g/mol. The van der Waals surface area contributed by atoms with E-state index in [-0.39, 0.29) is 22.6 Å². The van der Waals surface area contributed by atoms with Crippen molar-refractivity contribution in [1.82, 2.24) is 25.3 Å². The smallest absolute Gasteiger partial charge is 0.270 e. The Balaban J connectivity index is 1.72. The molecule has 160 valence electrons. The molecule has 0 radical (unpaired) electrons. The van der Waals surface area contributed by atoms with E-state index in [4.69, 9.17) is 23.2 Å². The Morgan fingerprint density at radius 1 is 0.969 bits per heavy atom. The lowest BCUT2D eigenvalue weighted by Gasteiger charge is -2.15. The van der Waals surface area contributed by atoms with E-state index in [2.05, 4.69) is 25.3 Å². The van der Waals surface area contributed by atoms with Crippen molar-refractivity contribution in [1.29, 1.82) is 0 Å². The van der Waals surface area contributed by atoms with Gasteiger partial charge in [-0.05, 0) is 54.4 Å². The molecule has 2 aromatic carbocycles. The summed E-state index contributed by atoms with van der Waals surface area (Å²) in [5.74, 6) is -0.547. The summed E-state index contributed by atoms with van der Waals surface area (Å²) in [7, 11) is 0. The van der Waals surface area contributed by atoms with Gasteiger partial charge in [0, 0.05) is 23.0 Å². The molecule has 0 saturated carbocycles. The second-order valence-electron chi connectivity index (χ2n) is 6.96. The van der Waals surface area contributed by atoms with Gasteiger partial charge in [0.25, 0.3) is 5.91 Å². The fraction of sp³-hybridized carbons (Fsp3) is 0.0870. The van der Waals surface area contributed by atoms with Crippen molar-refractivity contribution >= 4 is 29.1 Å². The number of hydrogen-bond donors (Lipinski definition) is 1. The largest absolute Gasteiger partial charge is 0.344 e. The lowest BCUT2D eigenvalue weighted by Crippen LogP contribution is -2.27. The first kappa shape index (κ1) is 21.8. The minimum atomic E-state index is -0.436. The van der Waals surface area contributed by atoms with Crippen LogP contribution >= 0.6 is 23.2 Å². The zero-order valence-corrected chi connectivity index (χ0v) is 18.3. The standard InChI is InChI=1S/C23H16Cl2FN5O/c1-13(15-3-2-4-18(26)9-15)29-22(32)20-10-19(14-5-7-17(24)8-6-14)30-21(31-20)16-11-27-23(25)28-12-16/h2-13H,1H3,(H,29,32)/t13-/m0/s1. The molecule has 0 saturated heterocycles. The number of hydrogen-bond acceptors (Lipinski definition) is 5. The normalized spacial score (nSPS) is 11.8. The van der Waals surface area contributed by atoms with Gasteiger partial charge in [-0.1, -0.05) is 35.9 Å². The summed E-state index contributed by atoms with van der Waals surface area (Å²) in [5.41, 5.74) is 2.54. The van der Waals surface area contributed by atoms with E-state index in [1.807, 2.05) is 0 Å². The van der Waals surface area contributed by atoms with E-state index in [0.29, 0.717) is 21.8 Å². The Morgan fingerprint density at radius 2 is 1.69 bits per heavy atom. The Labute approximate surface area is 193 Å². The van der Waals surface area contributed by atoms with Crippen molar-refractivity contribution in [2.75, 3.05) is 0 Å². The lowest BCUT2D eigenvalue weighted by atomic mass is 10.1. The van der Waals surface area contributed by atoms with Crippen LogP contribution in [0.25, 0.3) is 22.6 Å². The number of benzene rings is 2. The fourth-order valence-corrected chi connectivity index (χ4v) is 3.24. The first-order chi connectivity index (χ1) is 15.4. The molecule has 1 amide bonds. The van der Waals surface area contributed by atoms with Gasteiger partial charge in [-0.2, -0.15) is 0 Å². The highest BCUT2D eigenvalue weighted by Crippen LogP contribution is 2.24. The van der Waals surface area contributed by atoms with Crippen LogP contribution < -0.4 is 5.32 Å². The third kappa shape index (κ3) is 5.07. The quantitative estimate of drug-likeness (QED) is 0.389. The molecule has 2 aromatic heterocycles. The molecule has 2 heterocycles. The zero-order valence-electron chi connectivity index (χ0n) is 16.8. The second-order valence-corrected chi connectivity index (χ2v) is 7.73. The van der Waals surface area contributed by atoms with Crippen molar-refractivity contribution in [2.24, 2.45) is 0 Å². The predicted octanol–water partition coefficient (Wildman–Crippen LogP) is 5.54. The summed E-state index contributed by atoms with van der Waals surface area (Å²) < 4.78 is 13.6. The third-order valence-electron chi connectivity index (χ3n) is 4.67. The van der Waals surface area contributed by atoms with E-state index in [9.17, 15) is 9.18 Å². The molecule has 0 fully saturated rings. The Kier molecular flexibility index (Phi) is 6.39. The predicted molar refractivity (Wildman–Crippen MR) is 121 cm³/mol. The minimum absolute atomic E-state index is 0.0875. The van der Waals surface area contributed by atoms with Gasteiger partial charge in [-0.15, -0.1) is 0 Å². The molecule has 0 spiro atoms. The SMILES string of the molecule is C[C@H](NC(=O)c1cc(-c2ccc(Cl)cc2)nc(-c2cnc(Cl)nc2)n1)c1cccc(F)c1. The zero-order chi connectivity index (χ0) is 22.7. The van der Waals surface area contributed by atoms with Crippen LogP contribution in [0.3, 0.4) is 0 Å². The highest BCUT2D eigenvalue weighted by Gasteiger charge is 2.17. The van der Waals surface area contributed by atoms with Gasteiger partial charge >= 0.3 is 0 Å². The number of aromatic nitrogens is 4. The van der Waals surface area contributed by atoms with E-state index in [1.54, 1.807) is 49.4 Å². The maximum absolute atomic E-state index is 13.6. The number of carbonyl (C=O) groups excluding carboxylic acids is 1. The lowest BCUT2D eigenvalue weighted by molar-refractivity contribution is 0.0934. The first-order valence-corrected chi connectivity index (χ1v) is 10.3. The van der Waals surface area contributed by atoms with Crippen molar-refractivity contribution in [3.8, 4) is 22.6 Å². The van der Waals surface area contributed by atoms with Crippen LogP contribution in [0, 0.1) is 5.82 Å². The highest BCUT2D eigenvalue weighted by atomic mass is 35.5. The van der Waals surface area contributed by atoms with Gasteiger partial charge < -0.3 is 5.32 Å². The summed E-state index contributed by atoms with van der Waals surface area (Å²) in [5, 5.41) is 3.51. The average molecular weight is 468 g/mol. The maximum Gasteiger partial charge on any atom is 0.270 e. The molecule has 1 atom stereocenters. The van der Waals surface area contributed by atoms with E-state index in [1.165, 1.54) is 24.5 Å². The van der Waals surface area contributed by atoms with Crippen LogP contribution in [0.1, 0.15) is 29.0 Å². The fourth-order valence-electron chi connectivity index (χ4n) is 3.02. The van der Waals surface area contributed by atoms with Crippen LogP contribution in [0.15, 0.2) is 67.0 Å². The molecule has 0 unspecified atom stereocenters. The van der Waals surface area contributed by atoms with Crippen molar-refractivity contribution < 1.29 is 9.18 Å². The summed E-state index contributed by atoms with van der Waals surface area (Å²) in [6.07, 6.45) is 2.96. The van der Waals surface area contributed by atoms with E-state index in [0.717, 1.165) is 5.56 Å². The van der Waals surface area contributed by atoms with Gasteiger partial charge in [0.05, 0.1) is 17.3 Å². The number of carbonyl (C=O) groups is 1. The molecule has 1 N–H and O–H groups in total. The van der Waals surface area contributed by atoms with Crippen LogP contribution in [0.4, 0.5) is 4.39 Å². The number of nitrogens with one attached hydrogen (secondary N) is 1. The molecule has 0 aliphatic carbocycles. The Bertz CT molecular complexity index is 1200. The topological polar surface area (TPSA) is 80.7 Å². The highest BCUT2D eigenvalue weighted by molar-refractivity contribution is 6.30. The molecule has 0 aliphatic heterocycles. The Morgan fingerprint density at radius 3 is 2.38 bits per heavy atom. The number of rotatable bonds is 5. The molecular formula is C23H16Cl2FN5O. The van der Waals surface area contributed by atoms with Crippen LogP contribution in [-0.2, 0) is 0 Å². The van der Waals surface area contributed by atoms with Gasteiger partial charge in [0.1, 0.15) is 11.5 Å².